The molecule has 3 saturated heterocycles. The number of nitrogens with zero attached hydrogens (tertiary/aromatic N) is 2. The molecule has 0 aliphatic carbocycles. The molecule has 35 heavy (non-hydrogen) atoms. The van der Waals surface area contributed by atoms with E-state index in [2.05, 4.69) is 9.80 Å². The summed E-state index contributed by atoms with van der Waals surface area (Å²) in [5.41, 5.74) is 6.07. The number of halogens is 1. The molecule has 9 heteroatoms. The van der Waals surface area contributed by atoms with Crippen molar-refractivity contribution < 1.29 is 23.5 Å². The maximum Gasteiger partial charge on any atom is 0.313 e. The Balaban J connectivity index is 1.25. The Hall–Kier alpha value is -2.68. The lowest BCUT2D eigenvalue weighted by Crippen LogP contribution is -2.45. The fraction of sp³-hybridized carbons (Fsp3) is 0.654. The number of ether oxygens (including phenoxy) is 2. The van der Waals surface area contributed by atoms with Crippen molar-refractivity contribution in [2.45, 2.75) is 51.6 Å². The van der Waals surface area contributed by atoms with Crippen LogP contribution in [0.1, 0.15) is 50.5 Å². The largest absolute Gasteiger partial charge is 0.460 e. The summed E-state index contributed by atoms with van der Waals surface area (Å²) in [5, 5.41) is 7.15. The second-order valence-electron chi connectivity index (χ2n) is 9.99. The Labute approximate surface area is 206 Å². The highest BCUT2D eigenvalue weighted by atomic mass is 19.1. The number of hydrogen-bond donors (Lipinski definition) is 2. The summed E-state index contributed by atoms with van der Waals surface area (Å²) in [6, 6.07) is 5.17. The number of carbonyl (C=O) groups is 2. The quantitative estimate of drug-likeness (QED) is 0.347. The van der Waals surface area contributed by atoms with Crippen molar-refractivity contribution >= 4 is 23.4 Å². The van der Waals surface area contributed by atoms with Crippen LogP contribution in [0.5, 0.6) is 0 Å². The molecule has 0 unspecified atom stereocenters. The highest BCUT2D eigenvalue weighted by Crippen LogP contribution is 2.35. The maximum absolute atomic E-state index is 15.1. The number of nitrogens with one attached hydrogen (secondary N) is 1. The van der Waals surface area contributed by atoms with Gasteiger partial charge in [-0.25, -0.2) is 4.39 Å². The van der Waals surface area contributed by atoms with Crippen LogP contribution in [0.25, 0.3) is 0 Å². The minimum absolute atomic E-state index is 0.131. The number of hydrogen-bond acceptors (Lipinski definition) is 6. The van der Waals surface area contributed by atoms with E-state index in [0.29, 0.717) is 42.2 Å². The molecular weight excluding hydrogens is 451 g/mol. The van der Waals surface area contributed by atoms with Crippen molar-refractivity contribution in [1.29, 1.82) is 5.41 Å². The van der Waals surface area contributed by atoms with E-state index < -0.39 is 5.97 Å². The first-order chi connectivity index (χ1) is 16.9. The molecule has 192 valence electrons. The number of nitrogens with two attached hydrogens (primary N) is 1. The van der Waals surface area contributed by atoms with Gasteiger partial charge >= 0.3 is 5.97 Å². The molecule has 0 aromatic heterocycles. The average Bonchev–Trinajstić information content (AvgIpc) is 2.88. The van der Waals surface area contributed by atoms with Crippen LogP contribution >= 0.6 is 0 Å². The fourth-order valence-corrected chi connectivity index (χ4v) is 5.69. The molecule has 1 amide bonds. The topological polar surface area (TPSA) is 109 Å². The van der Waals surface area contributed by atoms with Gasteiger partial charge in [-0.05, 0) is 56.4 Å². The molecule has 3 N–H and O–H groups in total. The number of carbonyl (C=O) groups excluding carboxylic acids is 2. The maximum atomic E-state index is 15.1. The van der Waals surface area contributed by atoms with Crippen LogP contribution in [0.15, 0.2) is 18.2 Å². The molecule has 3 fully saturated rings. The van der Waals surface area contributed by atoms with Crippen molar-refractivity contribution in [3.8, 4) is 0 Å². The minimum Gasteiger partial charge on any atom is -0.460 e. The van der Waals surface area contributed by atoms with Gasteiger partial charge in [-0.15, -0.1) is 0 Å². The molecule has 0 bridgehead atoms. The summed E-state index contributed by atoms with van der Waals surface area (Å²) in [6.45, 7) is 4.49. The number of likely N-dealkylation sites (tertiary alicyclic amines) is 1. The van der Waals surface area contributed by atoms with E-state index in [9.17, 15) is 9.59 Å². The summed E-state index contributed by atoms with van der Waals surface area (Å²) in [6.07, 6.45) is 5.51. The molecule has 1 aromatic rings. The van der Waals surface area contributed by atoms with E-state index in [1.165, 1.54) is 0 Å². The fourth-order valence-electron chi connectivity index (χ4n) is 5.69. The molecule has 8 nitrogen and oxygen atoms in total. The van der Waals surface area contributed by atoms with Crippen LogP contribution in [0.3, 0.4) is 0 Å². The standard InChI is InChI=1S/C26H37FN4O4/c27-25-21(17-35-24(32)16-23(28)29)2-1-3-22(25)30-10-4-18(5-11-30)19-6-12-31(13-7-19)26(33)20-8-14-34-15-9-20/h1-3,18-20H,4-17H2,(H3,28,29). The number of anilines is 1. The average molecular weight is 489 g/mol. The van der Waals surface area contributed by atoms with Gasteiger partial charge in [0.05, 0.1) is 5.69 Å². The van der Waals surface area contributed by atoms with E-state index in [1.54, 1.807) is 18.2 Å². The zero-order chi connectivity index (χ0) is 24.8. The van der Waals surface area contributed by atoms with Crippen LogP contribution < -0.4 is 10.6 Å². The van der Waals surface area contributed by atoms with Crippen LogP contribution in [0.4, 0.5) is 10.1 Å². The zero-order valence-electron chi connectivity index (χ0n) is 20.3. The predicted molar refractivity (Wildman–Crippen MR) is 131 cm³/mol. The van der Waals surface area contributed by atoms with E-state index >= 15 is 4.39 Å². The molecule has 3 heterocycles. The van der Waals surface area contributed by atoms with Crippen molar-refractivity contribution in [3.63, 3.8) is 0 Å². The van der Waals surface area contributed by atoms with Crippen molar-refractivity contribution in [1.82, 2.24) is 4.90 Å². The lowest BCUT2D eigenvalue weighted by molar-refractivity contribution is -0.143. The van der Waals surface area contributed by atoms with Crippen molar-refractivity contribution in [3.05, 3.63) is 29.6 Å². The molecule has 0 spiro atoms. The van der Waals surface area contributed by atoms with Crippen molar-refractivity contribution in [2.24, 2.45) is 23.5 Å². The normalized spacial score (nSPS) is 20.6. The Bertz CT molecular complexity index is 905. The van der Waals surface area contributed by atoms with Gasteiger partial charge in [0, 0.05) is 50.9 Å². The van der Waals surface area contributed by atoms with E-state index in [0.717, 1.165) is 64.7 Å². The number of amidine groups is 1. The Kier molecular flexibility index (Phi) is 8.59. The van der Waals surface area contributed by atoms with Gasteiger partial charge in [-0.1, -0.05) is 12.1 Å². The number of esters is 1. The molecule has 0 atom stereocenters. The summed E-state index contributed by atoms with van der Waals surface area (Å²) >= 11 is 0. The zero-order valence-corrected chi connectivity index (χ0v) is 20.3. The third kappa shape index (κ3) is 6.51. The Morgan fingerprint density at radius 1 is 1.03 bits per heavy atom. The van der Waals surface area contributed by atoms with Gasteiger partial charge in [0.1, 0.15) is 18.9 Å². The summed E-state index contributed by atoms with van der Waals surface area (Å²) in [4.78, 5) is 28.6. The monoisotopic (exact) mass is 488 g/mol. The molecule has 0 radical (unpaired) electrons. The smallest absolute Gasteiger partial charge is 0.313 e. The first-order valence-electron chi connectivity index (χ1n) is 12.8. The molecule has 3 aliphatic rings. The van der Waals surface area contributed by atoms with Gasteiger partial charge in [-0.3, -0.25) is 15.0 Å². The lowest BCUT2D eigenvalue weighted by atomic mass is 9.78. The molecule has 4 rings (SSSR count). The predicted octanol–water partition coefficient (Wildman–Crippen LogP) is 3.08. The third-order valence-electron chi connectivity index (χ3n) is 7.75. The summed E-state index contributed by atoms with van der Waals surface area (Å²) in [7, 11) is 0. The molecule has 3 aliphatic heterocycles. The molecular formula is C26H37FN4O4. The number of piperidine rings is 2. The summed E-state index contributed by atoms with van der Waals surface area (Å²) in [5.74, 6) is 0.391. The third-order valence-corrected chi connectivity index (χ3v) is 7.75. The molecule has 0 saturated carbocycles. The van der Waals surface area contributed by atoms with E-state index in [1.807, 2.05) is 0 Å². The second-order valence-corrected chi connectivity index (χ2v) is 9.99. The van der Waals surface area contributed by atoms with Crippen molar-refractivity contribution in [2.75, 3.05) is 44.3 Å². The van der Waals surface area contributed by atoms with E-state index in [-0.39, 0.29) is 30.6 Å². The lowest BCUT2D eigenvalue weighted by Gasteiger charge is -2.41. The number of benzene rings is 1. The first kappa shape index (κ1) is 25.4. The van der Waals surface area contributed by atoms with Gasteiger partial charge < -0.3 is 25.0 Å². The summed E-state index contributed by atoms with van der Waals surface area (Å²) < 4.78 is 25.6. The minimum atomic E-state index is -0.636. The van der Waals surface area contributed by atoms with Crippen LogP contribution in [0, 0.1) is 29.0 Å². The van der Waals surface area contributed by atoms with Gasteiger partial charge in [0.25, 0.3) is 0 Å². The van der Waals surface area contributed by atoms with Gasteiger partial charge in [0.15, 0.2) is 5.82 Å². The van der Waals surface area contributed by atoms with Gasteiger partial charge in [-0.2, -0.15) is 0 Å². The van der Waals surface area contributed by atoms with E-state index in [4.69, 9.17) is 20.6 Å². The number of amides is 1. The van der Waals surface area contributed by atoms with Gasteiger partial charge in [0.2, 0.25) is 5.91 Å². The Morgan fingerprint density at radius 3 is 2.29 bits per heavy atom. The second kappa shape index (κ2) is 11.8. The first-order valence-corrected chi connectivity index (χ1v) is 12.8. The SMILES string of the molecule is N=C(N)CC(=O)OCc1cccc(N2CCC(C3CCN(C(=O)C4CCOCC4)CC3)CC2)c1F. The van der Waals surface area contributed by atoms with Crippen LogP contribution in [-0.2, 0) is 25.7 Å². The van der Waals surface area contributed by atoms with Crippen LogP contribution in [-0.4, -0.2) is 62.0 Å². The highest BCUT2D eigenvalue weighted by molar-refractivity contribution is 5.94. The molecule has 1 aromatic carbocycles. The Morgan fingerprint density at radius 2 is 1.66 bits per heavy atom. The highest BCUT2D eigenvalue weighted by Gasteiger charge is 2.33. The van der Waals surface area contributed by atoms with Crippen LogP contribution in [0.2, 0.25) is 0 Å². The number of rotatable bonds is 7.